The first-order valence-electron chi connectivity index (χ1n) is 4.60. The maximum atomic E-state index is 11.2. The monoisotopic (exact) mass is 222 g/mol. The second-order valence-corrected chi connectivity index (χ2v) is 2.97. The molecule has 2 rings (SSSR count). The van der Waals surface area contributed by atoms with Crippen LogP contribution in [-0.4, -0.2) is 19.9 Å². The minimum Gasteiger partial charge on any atom is -0.504 e. The number of hydrogen-bond donors (Lipinski definition) is 0. The van der Waals surface area contributed by atoms with Gasteiger partial charge in [0.1, 0.15) is 5.75 Å². The lowest BCUT2D eigenvalue weighted by Crippen LogP contribution is -2.03. The minimum atomic E-state index is -0.513. The number of hydrogen-bond acceptors (Lipinski definition) is 5. The number of methoxy groups -OCH3 is 1. The van der Waals surface area contributed by atoms with Gasteiger partial charge in [-0.2, -0.15) is 0 Å². The molecule has 0 bridgehead atoms. The third-order valence-electron chi connectivity index (χ3n) is 1.90. The highest BCUT2D eigenvalue weighted by Crippen LogP contribution is 2.35. The number of benzene rings is 1. The third kappa shape index (κ3) is 2.25. The molecule has 0 spiro atoms. The molecule has 5 heteroatoms. The van der Waals surface area contributed by atoms with Crippen LogP contribution in [-0.2, 0) is 9.53 Å². The summed E-state index contributed by atoms with van der Waals surface area (Å²) in [6, 6.07) is 4.91. The summed E-state index contributed by atoms with van der Waals surface area (Å²) in [4.78, 5) is 11.2. The Kier molecular flexibility index (Phi) is 2.95. The lowest BCUT2D eigenvalue weighted by atomic mass is 10.3. The predicted octanol–water partition coefficient (Wildman–Crippen LogP) is 1.48. The molecule has 1 aliphatic heterocycles. The molecule has 0 atom stereocenters. The molecule has 16 heavy (non-hydrogen) atoms. The van der Waals surface area contributed by atoms with Crippen LogP contribution in [0.1, 0.15) is 0 Å². The fourth-order valence-corrected chi connectivity index (χ4v) is 1.21. The van der Waals surface area contributed by atoms with E-state index in [1.54, 1.807) is 18.2 Å². The zero-order chi connectivity index (χ0) is 11.4. The standard InChI is InChI=1S/C11H10O5/c1-13-5-4-11(12)16-8-2-3-9-10(6-8)15-7-14-9/h2-6H,7H2,1H3/b5-4+. The number of rotatable bonds is 3. The molecular weight excluding hydrogens is 212 g/mol. The molecule has 1 aromatic rings. The van der Waals surface area contributed by atoms with Gasteiger partial charge in [0.15, 0.2) is 11.5 Å². The molecule has 1 aromatic carbocycles. The van der Waals surface area contributed by atoms with Gasteiger partial charge in [0, 0.05) is 6.07 Å². The van der Waals surface area contributed by atoms with Crippen LogP contribution < -0.4 is 14.2 Å². The quantitative estimate of drug-likeness (QED) is 0.335. The Bertz CT molecular complexity index is 424. The largest absolute Gasteiger partial charge is 0.504 e. The van der Waals surface area contributed by atoms with Crippen molar-refractivity contribution in [3.63, 3.8) is 0 Å². The maximum absolute atomic E-state index is 11.2. The Labute approximate surface area is 92.2 Å². The van der Waals surface area contributed by atoms with Gasteiger partial charge >= 0.3 is 5.97 Å². The summed E-state index contributed by atoms with van der Waals surface area (Å²) in [5.41, 5.74) is 0. The Hall–Kier alpha value is -2.17. The summed E-state index contributed by atoms with van der Waals surface area (Å²) in [6.07, 6.45) is 2.43. The summed E-state index contributed by atoms with van der Waals surface area (Å²) in [5, 5.41) is 0. The summed E-state index contributed by atoms with van der Waals surface area (Å²) in [7, 11) is 1.45. The summed E-state index contributed by atoms with van der Waals surface area (Å²) >= 11 is 0. The van der Waals surface area contributed by atoms with Gasteiger partial charge in [-0.25, -0.2) is 4.79 Å². The first kappa shape index (κ1) is 10.4. The average molecular weight is 222 g/mol. The lowest BCUT2D eigenvalue weighted by Gasteiger charge is -2.02. The Balaban J connectivity index is 2.05. The van der Waals surface area contributed by atoms with E-state index < -0.39 is 5.97 Å². The number of carbonyl (C=O) groups is 1. The Morgan fingerprint density at radius 1 is 1.38 bits per heavy atom. The summed E-state index contributed by atoms with van der Waals surface area (Å²) < 4.78 is 19.9. The molecule has 1 aliphatic rings. The zero-order valence-corrected chi connectivity index (χ0v) is 8.64. The van der Waals surface area contributed by atoms with Gasteiger partial charge in [0.2, 0.25) is 6.79 Å². The molecule has 0 amide bonds. The maximum Gasteiger partial charge on any atom is 0.339 e. The topological polar surface area (TPSA) is 54.0 Å². The van der Waals surface area contributed by atoms with Gasteiger partial charge in [-0.15, -0.1) is 0 Å². The van der Waals surface area contributed by atoms with E-state index in [1.165, 1.54) is 19.4 Å². The highest BCUT2D eigenvalue weighted by molar-refractivity contribution is 5.83. The number of carbonyl (C=O) groups excluding carboxylic acids is 1. The van der Waals surface area contributed by atoms with Crippen molar-refractivity contribution in [3.8, 4) is 17.2 Å². The Morgan fingerprint density at radius 2 is 2.19 bits per heavy atom. The van der Waals surface area contributed by atoms with Crippen molar-refractivity contribution in [2.75, 3.05) is 13.9 Å². The van der Waals surface area contributed by atoms with Gasteiger partial charge in [0.25, 0.3) is 0 Å². The molecule has 0 aromatic heterocycles. The van der Waals surface area contributed by atoms with E-state index in [4.69, 9.17) is 14.2 Å². The van der Waals surface area contributed by atoms with Crippen molar-refractivity contribution < 1.29 is 23.7 Å². The normalized spacial score (nSPS) is 12.8. The molecule has 0 N–H and O–H groups in total. The van der Waals surface area contributed by atoms with Crippen LogP contribution in [0, 0.1) is 0 Å². The van der Waals surface area contributed by atoms with E-state index in [9.17, 15) is 4.79 Å². The van der Waals surface area contributed by atoms with Crippen LogP contribution in [0.2, 0.25) is 0 Å². The van der Waals surface area contributed by atoms with Crippen molar-refractivity contribution in [2.24, 2.45) is 0 Å². The summed E-state index contributed by atoms with van der Waals surface area (Å²) in [6.45, 7) is 0.191. The highest BCUT2D eigenvalue weighted by Gasteiger charge is 2.14. The van der Waals surface area contributed by atoms with Gasteiger partial charge in [-0.1, -0.05) is 0 Å². The van der Waals surface area contributed by atoms with Crippen molar-refractivity contribution in [1.82, 2.24) is 0 Å². The first-order valence-corrected chi connectivity index (χ1v) is 4.60. The molecule has 5 nitrogen and oxygen atoms in total. The average Bonchev–Trinajstić information content (AvgIpc) is 2.73. The van der Waals surface area contributed by atoms with Crippen LogP contribution >= 0.6 is 0 Å². The van der Waals surface area contributed by atoms with Crippen LogP contribution in [0.3, 0.4) is 0 Å². The molecule has 0 saturated heterocycles. The number of ether oxygens (including phenoxy) is 4. The molecule has 0 saturated carbocycles. The fourth-order valence-electron chi connectivity index (χ4n) is 1.21. The van der Waals surface area contributed by atoms with Gasteiger partial charge in [-0.05, 0) is 12.1 Å². The molecule has 0 radical (unpaired) electrons. The van der Waals surface area contributed by atoms with E-state index in [-0.39, 0.29) is 6.79 Å². The third-order valence-corrected chi connectivity index (χ3v) is 1.90. The molecule has 1 heterocycles. The Morgan fingerprint density at radius 3 is 3.00 bits per heavy atom. The fraction of sp³-hybridized carbons (Fsp3) is 0.182. The number of esters is 1. The molecule has 0 unspecified atom stereocenters. The van der Waals surface area contributed by atoms with E-state index in [0.717, 1.165) is 0 Å². The second kappa shape index (κ2) is 4.57. The number of fused-ring (bicyclic) bond motifs is 1. The SMILES string of the molecule is CO/C=C/C(=O)Oc1ccc2c(c1)OCO2. The van der Waals surface area contributed by atoms with Crippen molar-refractivity contribution in [3.05, 3.63) is 30.5 Å². The second-order valence-electron chi connectivity index (χ2n) is 2.97. The smallest absolute Gasteiger partial charge is 0.339 e. The highest BCUT2D eigenvalue weighted by atomic mass is 16.7. The van der Waals surface area contributed by atoms with E-state index in [2.05, 4.69) is 4.74 Å². The van der Waals surface area contributed by atoms with Gasteiger partial charge in [0.05, 0.1) is 19.4 Å². The van der Waals surface area contributed by atoms with Crippen LogP contribution in [0.15, 0.2) is 30.5 Å². The van der Waals surface area contributed by atoms with E-state index in [1.807, 2.05) is 0 Å². The van der Waals surface area contributed by atoms with Crippen molar-refractivity contribution >= 4 is 5.97 Å². The minimum absolute atomic E-state index is 0.191. The van der Waals surface area contributed by atoms with Crippen molar-refractivity contribution in [1.29, 1.82) is 0 Å². The zero-order valence-electron chi connectivity index (χ0n) is 8.64. The van der Waals surface area contributed by atoms with E-state index >= 15 is 0 Å². The van der Waals surface area contributed by atoms with Gasteiger partial charge in [-0.3, -0.25) is 0 Å². The van der Waals surface area contributed by atoms with Crippen LogP contribution in [0.4, 0.5) is 0 Å². The van der Waals surface area contributed by atoms with Gasteiger partial charge < -0.3 is 18.9 Å². The van der Waals surface area contributed by atoms with E-state index in [0.29, 0.717) is 17.2 Å². The predicted molar refractivity (Wildman–Crippen MR) is 54.3 cm³/mol. The molecular formula is C11H10O5. The van der Waals surface area contributed by atoms with Crippen molar-refractivity contribution in [2.45, 2.75) is 0 Å². The molecule has 0 fully saturated rings. The summed E-state index contributed by atoms with van der Waals surface area (Å²) in [5.74, 6) is 1.10. The molecule has 0 aliphatic carbocycles. The van der Waals surface area contributed by atoms with Crippen LogP contribution in [0.25, 0.3) is 0 Å². The van der Waals surface area contributed by atoms with Crippen LogP contribution in [0.5, 0.6) is 17.2 Å². The first-order chi connectivity index (χ1) is 7.79. The molecule has 84 valence electrons. The lowest BCUT2D eigenvalue weighted by molar-refractivity contribution is -0.129.